The SMILES string of the molecule is CCN(CC)CC1(C)CN(C)C(C)CC1(OC(=O)/C=C/c1ccccc1)c1ccccc1. The summed E-state index contributed by atoms with van der Waals surface area (Å²) in [6.45, 7) is 12.6. The van der Waals surface area contributed by atoms with E-state index in [1.54, 1.807) is 6.08 Å². The molecule has 1 fully saturated rings. The number of nitrogens with zero attached hydrogens (tertiary/aromatic N) is 2. The van der Waals surface area contributed by atoms with E-state index in [4.69, 9.17) is 4.74 Å². The van der Waals surface area contributed by atoms with Crippen LogP contribution in [0.4, 0.5) is 0 Å². The van der Waals surface area contributed by atoms with Crippen LogP contribution in [0, 0.1) is 5.41 Å². The molecule has 0 N–H and O–H groups in total. The van der Waals surface area contributed by atoms with Crippen LogP contribution in [0.15, 0.2) is 66.7 Å². The third-order valence-corrected chi connectivity index (χ3v) is 7.10. The van der Waals surface area contributed by atoms with Crippen LogP contribution in [0.2, 0.25) is 0 Å². The van der Waals surface area contributed by atoms with E-state index >= 15 is 0 Å². The molecule has 4 heteroatoms. The summed E-state index contributed by atoms with van der Waals surface area (Å²) in [7, 11) is 2.18. The molecular formula is C28H38N2O2. The van der Waals surface area contributed by atoms with Crippen molar-refractivity contribution in [1.29, 1.82) is 0 Å². The topological polar surface area (TPSA) is 32.8 Å². The average Bonchev–Trinajstić information content (AvgIpc) is 2.81. The van der Waals surface area contributed by atoms with Crippen LogP contribution >= 0.6 is 0 Å². The van der Waals surface area contributed by atoms with Crippen molar-refractivity contribution in [3.05, 3.63) is 77.9 Å². The maximum absolute atomic E-state index is 13.2. The van der Waals surface area contributed by atoms with Crippen LogP contribution in [0.5, 0.6) is 0 Å². The Morgan fingerprint density at radius 2 is 1.69 bits per heavy atom. The lowest BCUT2D eigenvalue weighted by Gasteiger charge is -2.56. The first-order valence-corrected chi connectivity index (χ1v) is 11.8. The molecule has 1 heterocycles. The first-order valence-electron chi connectivity index (χ1n) is 11.8. The molecule has 2 aromatic carbocycles. The first-order chi connectivity index (χ1) is 15.3. The maximum atomic E-state index is 13.2. The number of carbonyl (C=O) groups excluding carboxylic acids is 1. The molecule has 0 aromatic heterocycles. The molecule has 1 aliphatic heterocycles. The zero-order valence-corrected chi connectivity index (χ0v) is 20.3. The highest BCUT2D eigenvalue weighted by Crippen LogP contribution is 2.51. The summed E-state index contributed by atoms with van der Waals surface area (Å²) < 4.78 is 6.53. The molecule has 3 unspecified atom stereocenters. The fourth-order valence-electron chi connectivity index (χ4n) is 5.10. The van der Waals surface area contributed by atoms with Crippen molar-refractivity contribution in [1.82, 2.24) is 9.80 Å². The van der Waals surface area contributed by atoms with Gasteiger partial charge in [0, 0.05) is 37.0 Å². The van der Waals surface area contributed by atoms with Crippen molar-refractivity contribution in [2.75, 3.05) is 33.2 Å². The molecule has 32 heavy (non-hydrogen) atoms. The summed E-state index contributed by atoms with van der Waals surface area (Å²) >= 11 is 0. The van der Waals surface area contributed by atoms with Gasteiger partial charge in [0.25, 0.3) is 0 Å². The van der Waals surface area contributed by atoms with E-state index in [1.165, 1.54) is 0 Å². The standard InChI is InChI=1S/C28H38N2O2/c1-6-30(7-2)22-27(4)21-29(5)23(3)20-28(27,25-16-12-9-13-17-25)32-26(31)19-18-24-14-10-8-11-15-24/h8-19,23H,6-7,20-22H2,1-5H3/b19-18+. The zero-order valence-electron chi connectivity index (χ0n) is 20.3. The summed E-state index contributed by atoms with van der Waals surface area (Å²) in [5, 5.41) is 0. The molecule has 0 saturated carbocycles. The lowest BCUT2D eigenvalue weighted by molar-refractivity contribution is -0.196. The van der Waals surface area contributed by atoms with Gasteiger partial charge in [-0.15, -0.1) is 0 Å². The Morgan fingerprint density at radius 3 is 2.28 bits per heavy atom. The quantitative estimate of drug-likeness (QED) is 0.422. The minimum atomic E-state index is -0.707. The zero-order chi connectivity index (χ0) is 23.2. The second kappa shape index (κ2) is 10.5. The number of ether oxygens (including phenoxy) is 1. The number of likely N-dealkylation sites (tertiary alicyclic amines) is 1. The monoisotopic (exact) mass is 434 g/mol. The summed E-state index contributed by atoms with van der Waals surface area (Å²) in [5.41, 5.74) is 1.09. The fourth-order valence-corrected chi connectivity index (χ4v) is 5.10. The molecule has 1 saturated heterocycles. The number of piperidine rings is 1. The van der Waals surface area contributed by atoms with Crippen molar-refractivity contribution in [3.8, 4) is 0 Å². The molecule has 1 aliphatic rings. The first kappa shape index (κ1) is 24.2. The van der Waals surface area contributed by atoms with E-state index in [2.05, 4.69) is 56.7 Å². The fraction of sp³-hybridized carbons (Fsp3) is 0.464. The molecule has 4 nitrogen and oxygen atoms in total. The van der Waals surface area contributed by atoms with Gasteiger partial charge in [0.15, 0.2) is 0 Å². The van der Waals surface area contributed by atoms with Gasteiger partial charge in [-0.1, -0.05) is 81.4 Å². The number of hydrogen-bond donors (Lipinski definition) is 0. The van der Waals surface area contributed by atoms with E-state index in [9.17, 15) is 4.79 Å². The van der Waals surface area contributed by atoms with Crippen molar-refractivity contribution in [2.24, 2.45) is 5.41 Å². The molecule has 0 bridgehead atoms. The Labute approximate surface area is 193 Å². The lowest BCUT2D eigenvalue weighted by atomic mass is 9.63. The van der Waals surface area contributed by atoms with Crippen molar-refractivity contribution in [3.63, 3.8) is 0 Å². The number of esters is 1. The minimum Gasteiger partial charge on any atom is -0.450 e. The van der Waals surface area contributed by atoms with Crippen LogP contribution in [0.3, 0.4) is 0 Å². The van der Waals surface area contributed by atoms with Gasteiger partial charge in [-0.2, -0.15) is 0 Å². The second-order valence-corrected chi connectivity index (χ2v) is 9.35. The summed E-state index contributed by atoms with van der Waals surface area (Å²) in [4.78, 5) is 18.1. The van der Waals surface area contributed by atoms with Crippen LogP contribution in [-0.2, 0) is 15.1 Å². The Balaban J connectivity index is 2.03. The second-order valence-electron chi connectivity index (χ2n) is 9.35. The Kier molecular flexibility index (Phi) is 7.91. The van der Waals surface area contributed by atoms with Crippen molar-refractivity contribution < 1.29 is 9.53 Å². The molecule has 3 rings (SSSR count). The third-order valence-electron chi connectivity index (χ3n) is 7.10. The highest BCUT2D eigenvalue weighted by molar-refractivity contribution is 5.87. The number of benzene rings is 2. The number of rotatable bonds is 8. The predicted molar refractivity (Wildman–Crippen MR) is 132 cm³/mol. The molecule has 0 spiro atoms. The van der Waals surface area contributed by atoms with Gasteiger partial charge in [-0.05, 0) is 44.3 Å². The van der Waals surface area contributed by atoms with Crippen LogP contribution in [-0.4, -0.2) is 55.0 Å². The normalized spacial score (nSPS) is 26.5. The van der Waals surface area contributed by atoms with Gasteiger partial charge >= 0.3 is 5.97 Å². The van der Waals surface area contributed by atoms with Gasteiger partial charge < -0.3 is 14.5 Å². The molecule has 0 aliphatic carbocycles. The molecule has 3 atom stereocenters. The summed E-state index contributed by atoms with van der Waals surface area (Å²) in [6, 6.07) is 20.5. The maximum Gasteiger partial charge on any atom is 0.331 e. The molecule has 2 aromatic rings. The van der Waals surface area contributed by atoms with E-state index in [0.717, 1.165) is 43.7 Å². The van der Waals surface area contributed by atoms with Gasteiger partial charge in [-0.3, -0.25) is 0 Å². The molecular weight excluding hydrogens is 396 g/mol. The van der Waals surface area contributed by atoms with Crippen LogP contribution in [0.25, 0.3) is 6.08 Å². The average molecular weight is 435 g/mol. The summed E-state index contributed by atoms with van der Waals surface area (Å²) in [5.74, 6) is -0.291. The minimum absolute atomic E-state index is 0.266. The van der Waals surface area contributed by atoms with Crippen LogP contribution in [0.1, 0.15) is 45.2 Å². The highest BCUT2D eigenvalue weighted by atomic mass is 16.6. The summed E-state index contributed by atoms with van der Waals surface area (Å²) in [6.07, 6.45) is 4.16. The Bertz CT molecular complexity index is 894. The van der Waals surface area contributed by atoms with E-state index in [-0.39, 0.29) is 11.4 Å². The Hall–Kier alpha value is -2.43. The Morgan fingerprint density at radius 1 is 1.09 bits per heavy atom. The largest absolute Gasteiger partial charge is 0.450 e. The van der Waals surface area contributed by atoms with E-state index in [0.29, 0.717) is 6.04 Å². The van der Waals surface area contributed by atoms with Crippen molar-refractivity contribution in [2.45, 2.75) is 45.8 Å². The highest BCUT2D eigenvalue weighted by Gasteiger charge is 2.57. The number of carbonyl (C=O) groups is 1. The van der Waals surface area contributed by atoms with Crippen LogP contribution < -0.4 is 0 Å². The predicted octanol–water partition coefficient (Wildman–Crippen LogP) is 5.21. The third kappa shape index (κ3) is 5.13. The van der Waals surface area contributed by atoms with Gasteiger partial charge in [0.2, 0.25) is 0 Å². The number of hydrogen-bond acceptors (Lipinski definition) is 4. The molecule has 0 amide bonds. The van der Waals surface area contributed by atoms with Gasteiger partial charge in [-0.25, -0.2) is 4.79 Å². The van der Waals surface area contributed by atoms with Crippen molar-refractivity contribution >= 4 is 12.0 Å². The van der Waals surface area contributed by atoms with Gasteiger partial charge in [0.1, 0.15) is 5.60 Å². The van der Waals surface area contributed by atoms with E-state index < -0.39 is 5.60 Å². The smallest absolute Gasteiger partial charge is 0.331 e. The lowest BCUT2D eigenvalue weighted by Crippen LogP contribution is -2.63. The van der Waals surface area contributed by atoms with Gasteiger partial charge in [0.05, 0.1) is 0 Å². The molecule has 172 valence electrons. The van der Waals surface area contributed by atoms with E-state index in [1.807, 2.05) is 54.6 Å². The molecule has 0 radical (unpaired) electrons.